The first-order valence-corrected chi connectivity index (χ1v) is 18.6. The van der Waals surface area contributed by atoms with E-state index in [1.807, 2.05) is 0 Å². The molecule has 3 aliphatic heterocycles. The van der Waals surface area contributed by atoms with E-state index < -0.39 is 75.0 Å². The molecule has 24 heteroatoms. The average molecular weight is 707 g/mol. The van der Waals surface area contributed by atoms with E-state index >= 15 is 8.78 Å². The van der Waals surface area contributed by atoms with Gasteiger partial charge in [0.1, 0.15) is 53.7 Å². The molecule has 0 amide bonds. The molecular weight excluding hydrogens is 684 g/mol. The van der Waals surface area contributed by atoms with Gasteiger partial charge in [-0.15, -0.1) is 0 Å². The lowest BCUT2D eigenvalue weighted by atomic mass is 10.1. The Morgan fingerprint density at radius 1 is 0.844 bits per heavy atom. The Morgan fingerprint density at radius 2 is 1.47 bits per heavy atom. The van der Waals surface area contributed by atoms with Gasteiger partial charge in [-0.1, -0.05) is 24.5 Å². The third-order valence-electron chi connectivity index (χ3n) is 8.02. The second-order valence-corrected chi connectivity index (χ2v) is 16.4. The smallest absolute Gasteiger partial charge is 0.382 e. The Balaban J connectivity index is 1.14. The van der Waals surface area contributed by atoms with Crippen LogP contribution in [0.4, 0.5) is 20.4 Å². The van der Waals surface area contributed by atoms with Gasteiger partial charge in [-0.05, 0) is 0 Å². The number of thiol groups is 2. The van der Waals surface area contributed by atoms with Gasteiger partial charge >= 0.3 is 13.6 Å². The molecule has 240 valence electrons. The number of halogens is 2. The molecule has 1 spiro atoms. The minimum Gasteiger partial charge on any atom is -0.382 e. The number of hydrogen-bond acceptors (Lipinski definition) is 16. The fourth-order valence-corrected chi connectivity index (χ4v) is 9.18. The molecule has 8 rings (SSSR count). The molecule has 3 saturated heterocycles. The van der Waals surface area contributed by atoms with Crippen molar-refractivity contribution in [3.8, 4) is 0 Å². The quantitative estimate of drug-likeness (QED) is 0.173. The molecule has 4 aliphatic rings. The van der Waals surface area contributed by atoms with Gasteiger partial charge in [0.05, 0.1) is 19.3 Å². The van der Waals surface area contributed by atoms with Crippen molar-refractivity contribution in [3.05, 3.63) is 25.3 Å². The van der Waals surface area contributed by atoms with Crippen LogP contribution >= 0.6 is 38.1 Å². The minimum atomic E-state index is -4.45. The summed E-state index contributed by atoms with van der Waals surface area (Å²) in [4.78, 5) is 24.3. The molecule has 0 aromatic carbocycles. The Bertz CT molecular complexity index is 1940. The van der Waals surface area contributed by atoms with Crippen LogP contribution in [0.3, 0.4) is 0 Å². The van der Waals surface area contributed by atoms with Gasteiger partial charge in [-0.3, -0.25) is 27.2 Å². The van der Waals surface area contributed by atoms with E-state index in [0.717, 1.165) is 0 Å². The summed E-state index contributed by atoms with van der Waals surface area (Å²) < 4.78 is 96.2. The lowest BCUT2D eigenvalue weighted by Gasteiger charge is -2.26. The SMILES string of the molecule is Nc1ncnc2c1ncn2[C@@H]1OC23C[C@H]2O[P@@](=O)(S)O[C@H]2[C@H](n4cnc5c(N)ncnc54)OC(CO[P@@](=O)(S)O[C@H]3[C@H]1F)[C@@H]2F. The highest BCUT2D eigenvalue weighted by molar-refractivity contribution is 8.44. The van der Waals surface area contributed by atoms with E-state index in [1.165, 1.54) is 34.4 Å². The molecule has 45 heavy (non-hydrogen) atoms. The molecule has 1 saturated carbocycles. The maximum absolute atomic E-state index is 16.2. The molecular formula is C21H22F2N10O8P2S2. The van der Waals surface area contributed by atoms with Gasteiger partial charge in [-0.2, -0.15) is 0 Å². The zero-order valence-corrected chi connectivity index (χ0v) is 26.0. The first-order chi connectivity index (χ1) is 21.4. The summed E-state index contributed by atoms with van der Waals surface area (Å²) >= 11 is 8.13. The lowest BCUT2D eigenvalue weighted by molar-refractivity contribution is -0.0634. The lowest BCUT2D eigenvalue weighted by Crippen LogP contribution is -2.35. The number of hydrogen-bond donors (Lipinski definition) is 4. The summed E-state index contributed by atoms with van der Waals surface area (Å²) in [7, 11) is 0. The summed E-state index contributed by atoms with van der Waals surface area (Å²) in [5.41, 5.74) is 10.8. The molecule has 18 nitrogen and oxygen atoms in total. The monoisotopic (exact) mass is 706 g/mol. The maximum Gasteiger partial charge on any atom is 0.387 e. The molecule has 0 radical (unpaired) electrons. The van der Waals surface area contributed by atoms with Gasteiger partial charge in [0.25, 0.3) is 0 Å². The van der Waals surface area contributed by atoms with Gasteiger partial charge in [0.2, 0.25) is 0 Å². The van der Waals surface area contributed by atoms with Crippen LogP contribution in [-0.4, -0.2) is 88.0 Å². The highest BCUT2D eigenvalue weighted by Gasteiger charge is 2.74. The van der Waals surface area contributed by atoms with Crippen LogP contribution in [0.2, 0.25) is 0 Å². The number of anilines is 2. The summed E-state index contributed by atoms with van der Waals surface area (Å²) in [6.07, 6.45) is -7.98. The molecule has 4 aromatic rings. The van der Waals surface area contributed by atoms with E-state index in [2.05, 4.69) is 54.4 Å². The largest absolute Gasteiger partial charge is 0.387 e. The molecule has 11 atom stereocenters. The zero-order chi connectivity index (χ0) is 31.5. The number of nitrogens with two attached hydrogens (primary N) is 2. The number of rotatable bonds is 2. The second kappa shape index (κ2) is 10.2. The third-order valence-corrected chi connectivity index (χ3v) is 11.2. The van der Waals surface area contributed by atoms with Gasteiger partial charge < -0.3 is 20.9 Å². The topological polar surface area (TPSA) is 229 Å². The molecule has 7 heterocycles. The highest BCUT2D eigenvalue weighted by atomic mass is 32.7. The third kappa shape index (κ3) is 4.77. The first-order valence-electron chi connectivity index (χ1n) is 13.2. The molecule has 4 fully saturated rings. The van der Waals surface area contributed by atoms with Gasteiger partial charge in [0.15, 0.2) is 47.7 Å². The van der Waals surface area contributed by atoms with Crippen molar-refractivity contribution in [1.82, 2.24) is 39.0 Å². The van der Waals surface area contributed by atoms with E-state index in [9.17, 15) is 9.13 Å². The van der Waals surface area contributed by atoms with E-state index in [-0.39, 0.29) is 40.4 Å². The Labute approximate surface area is 260 Å². The van der Waals surface area contributed by atoms with Crippen molar-refractivity contribution in [1.29, 1.82) is 0 Å². The molecule has 1 aliphatic carbocycles. The summed E-state index contributed by atoms with van der Waals surface area (Å²) in [6, 6.07) is 0. The summed E-state index contributed by atoms with van der Waals surface area (Å²) in [6.45, 7) is -9.57. The van der Waals surface area contributed by atoms with E-state index in [4.69, 9.17) is 39.0 Å². The highest BCUT2D eigenvalue weighted by Crippen LogP contribution is 2.68. The standard InChI is InChI=1S/C21H22F2N10O8P2S2/c22-9-7-2-36-42(34,44)41-14-10(23)19(32-5-30-11-15(24)26-3-28-17(11)32)38-21(14)1-8(21)39-43(35,45)40-13(9)20(37-7)33-6-31-12-16(25)27-4-29-18(12)33/h3-10,13-14,19-20H,1-2H2,(H,34,44)(H,35,45)(H2,24,26,28)(H2,25,27,29)/t7?,8-,9+,10-,13-,14+,19-,20-,21?,42-,43-/m1/s1. The predicted molar refractivity (Wildman–Crippen MR) is 154 cm³/mol. The van der Waals surface area contributed by atoms with Crippen LogP contribution in [0, 0.1) is 0 Å². The van der Waals surface area contributed by atoms with Crippen molar-refractivity contribution in [2.45, 2.75) is 61.2 Å². The predicted octanol–water partition coefficient (Wildman–Crippen LogP) is 2.34. The van der Waals surface area contributed by atoms with Crippen LogP contribution in [-0.2, 0) is 36.7 Å². The summed E-state index contributed by atoms with van der Waals surface area (Å²) in [5, 5.41) is 0. The Morgan fingerprint density at radius 3 is 2.11 bits per heavy atom. The molecule has 4 aromatic heterocycles. The van der Waals surface area contributed by atoms with Crippen molar-refractivity contribution >= 4 is 72.1 Å². The van der Waals surface area contributed by atoms with Crippen molar-refractivity contribution in [2.24, 2.45) is 0 Å². The summed E-state index contributed by atoms with van der Waals surface area (Å²) in [5.74, 6) is 0.109. The number of aromatic nitrogens is 8. The van der Waals surface area contributed by atoms with Crippen molar-refractivity contribution < 1.29 is 45.5 Å². The number of nitrogen functional groups attached to an aromatic ring is 2. The van der Waals surface area contributed by atoms with E-state index in [1.54, 1.807) is 0 Å². The van der Waals surface area contributed by atoms with Crippen LogP contribution in [0.5, 0.6) is 0 Å². The minimum absolute atomic E-state index is 0.0543. The Kier molecular flexibility index (Phi) is 6.79. The van der Waals surface area contributed by atoms with Crippen LogP contribution in [0.15, 0.2) is 25.3 Å². The molecule has 2 bridgehead atoms. The first kappa shape index (κ1) is 29.9. The molecule has 4 N–H and O–H groups in total. The fourth-order valence-electron chi connectivity index (χ4n) is 5.87. The van der Waals surface area contributed by atoms with Crippen LogP contribution in [0.1, 0.15) is 18.9 Å². The normalized spacial score (nSPS) is 41.7. The van der Waals surface area contributed by atoms with Gasteiger partial charge in [-0.25, -0.2) is 47.8 Å². The number of ether oxygens (including phenoxy) is 2. The van der Waals surface area contributed by atoms with Gasteiger partial charge in [0, 0.05) is 6.42 Å². The average Bonchev–Trinajstić information content (AvgIpc) is 3.36. The zero-order valence-electron chi connectivity index (χ0n) is 22.4. The van der Waals surface area contributed by atoms with Crippen molar-refractivity contribution in [2.75, 3.05) is 18.1 Å². The number of imidazole rings is 2. The number of alkyl halides is 2. The number of fused-ring (bicyclic) bond motifs is 4. The van der Waals surface area contributed by atoms with Crippen LogP contribution in [0.25, 0.3) is 22.3 Å². The second-order valence-electron chi connectivity index (χ2n) is 10.7. The van der Waals surface area contributed by atoms with Crippen molar-refractivity contribution in [3.63, 3.8) is 0 Å². The number of nitrogens with zero attached hydrogens (tertiary/aromatic N) is 8. The van der Waals surface area contributed by atoms with E-state index in [0.29, 0.717) is 0 Å². The molecule has 2 unspecified atom stereocenters. The van der Waals surface area contributed by atoms with Crippen LogP contribution < -0.4 is 11.5 Å². The fraction of sp³-hybridized carbons (Fsp3) is 0.524. The maximum atomic E-state index is 16.2. The Hall–Kier alpha value is -2.52.